The number of carbonyl (C=O) groups excluding carboxylic acids is 1. The molecule has 0 aliphatic heterocycles. The van der Waals surface area contributed by atoms with Crippen LogP contribution in [0.1, 0.15) is 13.3 Å². The van der Waals surface area contributed by atoms with E-state index in [-0.39, 0.29) is 18.2 Å². The summed E-state index contributed by atoms with van der Waals surface area (Å²) in [7, 11) is 0. The van der Waals surface area contributed by atoms with Crippen LogP contribution in [-0.2, 0) is 4.79 Å². The Labute approximate surface area is 114 Å². The Kier molecular flexibility index (Phi) is 3.79. The van der Waals surface area contributed by atoms with Gasteiger partial charge in [-0.25, -0.2) is 4.98 Å². The highest BCUT2D eigenvalue weighted by Crippen LogP contribution is 2.32. The van der Waals surface area contributed by atoms with E-state index >= 15 is 0 Å². The minimum absolute atomic E-state index is 0.0911. The third-order valence-electron chi connectivity index (χ3n) is 2.85. The van der Waals surface area contributed by atoms with Gasteiger partial charge in [0.1, 0.15) is 11.9 Å². The van der Waals surface area contributed by atoms with Gasteiger partial charge >= 0.3 is 5.69 Å². The van der Waals surface area contributed by atoms with Gasteiger partial charge in [-0.15, -0.1) is 0 Å². The Morgan fingerprint density at radius 2 is 2.20 bits per heavy atom. The van der Waals surface area contributed by atoms with Crippen LogP contribution in [-0.4, -0.2) is 21.9 Å². The summed E-state index contributed by atoms with van der Waals surface area (Å²) in [6.07, 6.45) is 1.30. The van der Waals surface area contributed by atoms with Gasteiger partial charge in [-0.05, 0) is 13.0 Å². The molecule has 0 aliphatic rings. The normalized spacial score (nSPS) is 12.1. The molecule has 0 fully saturated rings. The van der Waals surface area contributed by atoms with Crippen LogP contribution in [0.15, 0.2) is 30.5 Å². The molecule has 1 aromatic heterocycles. The van der Waals surface area contributed by atoms with E-state index in [1.165, 1.54) is 6.20 Å². The van der Waals surface area contributed by atoms with Gasteiger partial charge in [-0.3, -0.25) is 14.9 Å². The number of anilines is 1. The monoisotopic (exact) mass is 274 g/mol. The number of rotatable bonds is 5. The van der Waals surface area contributed by atoms with Crippen molar-refractivity contribution in [2.45, 2.75) is 19.4 Å². The van der Waals surface area contributed by atoms with Gasteiger partial charge < -0.3 is 11.1 Å². The minimum Gasteiger partial charge on any atom is -0.376 e. The summed E-state index contributed by atoms with van der Waals surface area (Å²) in [6, 6.07) is 6.78. The predicted octanol–water partition coefficient (Wildman–Crippen LogP) is 1.82. The molecule has 1 amide bonds. The topological polar surface area (TPSA) is 111 Å². The van der Waals surface area contributed by atoms with Gasteiger partial charge in [0.15, 0.2) is 0 Å². The van der Waals surface area contributed by atoms with E-state index in [9.17, 15) is 14.9 Å². The lowest BCUT2D eigenvalue weighted by atomic mass is 10.1. The molecule has 0 aliphatic carbocycles. The Morgan fingerprint density at radius 1 is 1.50 bits per heavy atom. The highest BCUT2D eigenvalue weighted by atomic mass is 16.6. The fraction of sp³-hybridized carbons (Fsp3) is 0.231. The summed E-state index contributed by atoms with van der Waals surface area (Å²) in [6.45, 7) is 1.74. The maximum atomic E-state index is 11.1. The number of carbonyl (C=O) groups is 1. The quantitative estimate of drug-likeness (QED) is 0.638. The predicted molar refractivity (Wildman–Crippen MR) is 75.3 cm³/mol. The van der Waals surface area contributed by atoms with E-state index < -0.39 is 10.8 Å². The lowest BCUT2D eigenvalue weighted by Gasteiger charge is -2.15. The number of amides is 1. The fourth-order valence-corrected chi connectivity index (χ4v) is 2.02. The second-order valence-corrected chi connectivity index (χ2v) is 4.51. The lowest BCUT2D eigenvalue weighted by molar-refractivity contribution is -0.384. The van der Waals surface area contributed by atoms with Crippen molar-refractivity contribution in [3.05, 3.63) is 40.6 Å². The Bertz CT molecular complexity index is 672. The number of nitro groups is 1. The number of fused-ring (bicyclic) bond motifs is 1. The molecule has 2 aromatic rings. The van der Waals surface area contributed by atoms with Crippen molar-refractivity contribution >= 4 is 28.2 Å². The number of nitrogens with zero attached hydrogens (tertiary/aromatic N) is 2. The van der Waals surface area contributed by atoms with E-state index in [0.29, 0.717) is 16.6 Å². The Hall–Kier alpha value is -2.70. The standard InChI is InChI=1S/C13H14N4O3/c1-8(6-12(14)18)16-13-9-4-2-3-5-10(9)15-7-11(13)17(19)20/h2-5,7-8H,6H2,1H3,(H2,14,18)(H,15,16). The Morgan fingerprint density at radius 3 is 2.85 bits per heavy atom. The third kappa shape index (κ3) is 2.82. The number of hydrogen-bond donors (Lipinski definition) is 2. The van der Waals surface area contributed by atoms with E-state index in [2.05, 4.69) is 10.3 Å². The molecule has 0 saturated heterocycles. The first-order valence-corrected chi connectivity index (χ1v) is 6.06. The first-order chi connectivity index (χ1) is 9.49. The molecule has 0 radical (unpaired) electrons. The maximum absolute atomic E-state index is 11.1. The minimum atomic E-state index is -0.501. The number of pyridine rings is 1. The van der Waals surface area contributed by atoms with Gasteiger partial charge in [0, 0.05) is 17.8 Å². The van der Waals surface area contributed by atoms with Crippen molar-refractivity contribution in [1.29, 1.82) is 0 Å². The second-order valence-electron chi connectivity index (χ2n) is 4.51. The molecule has 0 spiro atoms. The summed E-state index contributed by atoms with van der Waals surface area (Å²) < 4.78 is 0. The molecular formula is C13H14N4O3. The molecule has 2 rings (SSSR count). The number of benzene rings is 1. The molecule has 0 saturated carbocycles. The summed E-state index contributed by atoms with van der Waals surface area (Å²) in [5.74, 6) is -0.467. The number of hydrogen-bond acceptors (Lipinski definition) is 5. The zero-order valence-electron chi connectivity index (χ0n) is 10.9. The van der Waals surface area contributed by atoms with Crippen molar-refractivity contribution in [3.63, 3.8) is 0 Å². The summed E-state index contributed by atoms with van der Waals surface area (Å²) >= 11 is 0. The van der Waals surface area contributed by atoms with Crippen LogP contribution < -0.4 is 11.1 Å². The summed E-state index contributed by atoms with van der Waals surface area (Å²) in [4.78, 5) is 25.6. The van der Waals surface area contributed by atoms with Gasteiger partial charge in [0.05, 0.1) is 10.4 Å². The van der Waals surface area contributed by atoms with E-state index in [1.54, 1.807) is 31.2 Å². The molecule has 104 valence electrons. The number of primary amides is 1. The van der Waals surface area contributed by atoms with Gasteiger partial charge in [-0.2, -0.15) is 0 Å². The molecule has 20 heavy (non-hydrogen) atoms. The van der Waals surface area contributed by atoms with Crippen LogP contribution >= 0.6 is 0 Å². The summed E-state index contributed by atoms with van der Waals surface area (Å²) in [5, 5.41) is 14.7. The molecular weight excluding hydrogens is 260 g/mol. The van der Waals surface area contributed by atoms with E-state index in [0.717, 1.165) is 0 Å². The zero-order chi connectivity index (χ0) is 14.7. The van der Waals surface area contributed by atoms with Crippen molar-refractivity contribution in [2.24, 2.45) is 5.73 Å². The van der Waals surface area contributed by atoms with Crippen LogP contribution in [0.4, 0.5) is 11.4 Å². The van der Waals surface area contributed by atoms with Gasteiger partial charge in [0.2, 0.25) is 5.91 Å². The molecule has 1 unspecified atom stereocenters. The first kappa shape index (κ1) is 13.7. The molecule has 1 heterocycles. The number of para-hydroxylation sites is 1. The maximum Gasteiger partial charge on any atom is 0.311 e. The van der Waals surface area contributed by atoms with Crippen molar-refractivity contribution in [1.82, 2.24) is 4.98 Å². The highest BCUT2D eigenvalue weighted by molar-refractivity contribution is 5.95. The molecule has 3 N–H and O–H groups in total. The molecule has 7 heteroatoms. The largest absolute Gasteiger partial charge is 0.376 e. The van der Waals surface area contributed by atoms with E-state index in [4.69, 9.17) is 5.73 Å². The van der Waals surface area contributed by atoms with Crippen LogP contribution in [0.5, 0.6) is 0 Å². The van der Waals surface area contributed by atoms with Gasteiger partial charge in [0.25, 0.3) is 0 Å². The van der Waals surface area contributed by atoms with Crippen LogP contribution in [0.3, 0.4) is 0 Å². The number of nitrogens with one attached hydrogen (secondary N) is 1. The highest BCUT2D eigenvalue weighted by Gasteiger charge is 2.19. The van der Waals surface area contributed by atoms with Crippen LogP contribution in [0, 0.1) is 10.1 Å². The van der Waals surface area contributed by atoms with Crippen LogP contribution in [0.2, 0.25) is 0 Å². The number of nitrogens with two attached hydrogens (primary N) is 1. The first-order valence-electron chi connectivity index (χ1n) is 6.06. The van der Waals surface area contributed by atoms with Crippen molar-refractivity contribution < 1.29 is 9.72 Å². The van der Waals surface area contributed by atoms with Crippen molar-refractivity contribution in [2.75, 3.05) is 5.32 Å². The SMILES string of the molecule is CC(CC(N)=O)Nc1c([N+](=O)[O-])cnc2ccccc12. The van der Waals surface area contributed by atoms with Crippen molar-refractivity contribution in [3.8, 4) is 0 Å². The molecule has 1 atom stereocenters. The lowest BCUT2D eigenvalue weighted by Crippen LogP contribution is -2.24. The third-order valence-corrected chi connectivity index (χ3v) is 2.85. The van der Waals surface area contributed by atoms with Gasteiger partial charge in [-0.1, -0.05) is 18.2 Å². The number of aromatic nitrogens is 1. The molecule has 0 bridgehead atoms. The molecule has 1 aromatic carbocycles. The molecule has 7 nitrogen and oxygen atoms in total. The van der Waals surface area contributed by atoms with E-state index in [1.807, 2.05) is 0 Å². The average Bonchev–Trinajstić information content (AvgIpc) is 2.37. The zero-order valence-corrected chi connectivity index (χ0v) is 10.9. The van der Waals surface area contributed by atoms with Crippen LogP contribution in [0.25, 0.3) is 10.9 Å². The smallest absolute Gasteiger partial charge is 0.311 e. The fourth-order valence-electron chi connectivity index (χ4n) is 2.02. The average molecular weight is 274 g/mol. The Balaban J connectivity index is 2.49. The second kappa shape index (κ2) is 5.52. The summed E-state index contributed by atoms with van der Waals surface area (Å²) in [5.41, 5.74) is 6.01.